The van der Waals surface area contributed by atoms with Gasteiger partial charge in [0.05, 0.1) is 0 Å². The Kier molecular flexibility index (Phi) is 7.17. The summed E-state index contributed by atoms with van der Waals surface area (Å²) in [7, 11) is 0. The Balaban J connectivity index is 2.31. The topological polar surface area (TPSA) is 50.4 Å². The predicted octanol–water partition coefficient (Wildman–Crippen LogP) is 3.16. The molecule has 1 aliphatic carbocycles. The maximum absolute atomic E-state index is 11.8. The highest BCUT2D eigenvalue weighted by atomic mass is 32.2. The van der Waals surface area contributed by atoms with Gasteiger partial charge in [0.15, 0.2) is 0 Å². The molecule has 0 bridgehead atoms. The Morgan fingerprint density at radius 1 is 1.35 bits per heavy atom. The van der Waals surface area contributed by atoms with Gasteiger partial charge in [-0.3, -0.25) is 0 Å². The van der Waals surface area contributed by atoms with Crippen molar-refractivity contribution in [1.29, 1.82) is 0 Å². The Morgan fingerprint density at radius 2 is 2.00 bits per heavy atom. The standard InChI is InChI=1S/C15H30N2O2S/c1-11(20-5)10-16-12-7-6-8-13(9-12)17-14(18)19-15(2,3)4/h11-13,16H,6-10H2,1-5H3,(H,17,18). The van der Waals surface area contributed by atoms with Crippen LogP contribution in [-0.2, 0) is 4.74 Å². The number of hydrogen-bond acceptors (Lipinski definition) is 4. The number of rotatable bonds is 5. The van der Waals surface area contributed by atoms with E-state index in [-0.39, 0.29) is 12.1 Å². The van der Waals surface area contributed by atoms with Crippen LogP contribution in [0.4, 0.5) is 4.79 Å². The zero-order valence-corrected chi connectivity index (χ0v) is 14.3. The summed E-state index contributed by atoms with van der Waals surface area (Å²) in [6.45, 7) is 8.94. The Hall–Kier alpha value is -0.420. The van der Waals surface area contributed by atoms with Crippen LogP contribution in [0.5, 0.6) is 0 Å². The molecule has 1 aliphatic rings. The third kappa shape index (κ3) is 7.39. The Bertz CT molecular complexity index is 305. The minimum absolute atomic E-state index is 0.237. The minimum atomic E-state index is -0.426. The van der Waals surface area contributed by atoms with Crippen molar-refractivity contribution in [3.8, 4) is 0 Å². The fourth-order valence-corrected chi connectivity index (χ4v) is 2.66. The molecule has 118 valence electrons. The molecule has 0 radical (unpaired) electrons. The zero-order chi connectivity index (χ0) is 15.2. The van der Waals surface area contributed by atoms with Crippen molar-refractivity contribution in [2.24, 2.45) is 0 Å². The first-order valence-electron chi connectivity index (χ1n) is 7.56. The van der Waals surface area contributed by atoms with Gasteiger partial charge in [-0.2, -0.15) is 11.8 Å². The number of carbonyl (C=O) groups is 1. The molecular weight excluding hydrogens is 272 g/mol. The molecule has 3 atom stereocenters. The van der Waals surface area contributed by atoms with Gasteiger partial charge in [0, 0.05) is 23.9 Å². The molecule has 0 aromatic rings. The molecule has 0 heterocycles. The van der Waals surface area contributed by atoms with Crippen LogP contribution in [0, 0.1) is 0 Å². The first kappa shape index (κ1) is 17.6. The maximum Gasteiger partial charge on any atom is 0.407 e. The van der Waals surface area contributed by atoms with E-state index in [2.05, 4.69) is 23.8 Å². The van der Waals surface area contributed by atoms with E-state index in [0.29, 0.717) is 11.3 Å². The van der Waals surface area contributed by atoms with Gasteiger partial charge in [-0.1, -0.05) is 6.92 Å². The Morgan fingerprint density at radius 3 is 2.60 bits per heavy atom. The van der Waals surface area contributed by atoms with Gasteiger partial charge >= 0.3 is 6.09 Å². The van der Waals surface area contributed by atoms with Crippen LogP contribution < -0.4 is 10.6 Å². The monoisotopic (exact) mass is 302 g/mol. The zero-order valence-electron chi connectivity index (χ0n) is 13.5. The van der Waals surface area contributed by atoms with Crippen LogP contribution in [0.15, 0.2) is 0 Å². The van der Waals surface area contributed by atoms with E-state index in [1.54, 1.807) is 0 Å². The molecular formula is C15H30N2O2S. The van der Waals surface area contributed by atoms with Crippen LogP contribution in [0.1, 0.15) is 53.4 Å². The summed E-state index contributed by atoms with van der Waals surface area (Å²) in [5.41, 5.74) is -0.426. The highest BCUT2D eigenvalue weighted by Crippen LogP contribution is 2.19. The first-order chi connectivity index (χ1) is 9.30. The molecule has 1 rings (SSSR count). The van der Waals surface area contributed by atoms with Gasteiger partial charge in [0.2, 0.25) is 0 Å². The lowest BCUT2D eigenvalue weighted by atomic mass is 9.91. The second-order valence-electron chi connectivity index (χ2n) is 6.66. The number of hydrogen-bond donors (Lipinski definition) is 2. The van der Waals surface area contributed by atoms with Gasteiger partial charge < -0.3 is 15.4 Å². The molecule has 1 fully saturated rings. The number of thioether (sulfide) groups is 1. The quantitative estimate of drug-likeness (QED) is 0.819. The predicted molar refractivity (Wildman–Crippen MR) is 86.4 cm³/mol. The second-order valence-corrected chi connectivity index (χ2v) is 7.94. The second kappa shape index (κ2) is 8.13. The average Bonchev–Trinajstić information content (AvgIpc) is 2.34. The van der Waals surface area contributed by atoms with E-state index in [1.165, 1.54) is 6.42 Å². The number of nitrogens with one attached hydrogen (secondary N) is 2. The van der Waals surface area contributed by atoms with Crippen molar-refractivity contribution in [3.05, 3.63) is 0 Å². The van der Waals surface area contributed by atoms with Crippen LogP contribution in [0.3, 0.4) is 0 Å². The molecule has 0 spiro atoms. The molecule has 4 nitrogen and oxygen atoms in total. The van der Waals surface area contributed by atoms with Crippen LogP contribution in [0.2, 0.25) is 0 Å². The highest BCUT2D eigenvalue weighted by Gasteiger charge is 2.25. The lowest BCUT2D eigenvalue weighted by molar-refractivity contribution is 0.0489. The normalized spacial score (nSPS) is 25.1. The van der Waals surface area contributed by atoms with E-state index in [1.807, 2.05) is 32.5 Å². The summed E-state index contributed by atoms with van der Waals surface area (Å²) in [6, 6.07) is 0.749. The SMILES string of the molecule is CSC(C)CNC1CCCC(NC(=O)OC(C)(C)C)C1. The van der Waals surface area contributed by atoms with Crippen molar-refractivity contribution >= 4 is 17.9 Å². The number of alkyl carbamates (subject to hydrolysis) is 1. The highest BCUT2D eigenvalue weighted by molar-refractivity contribution is 7.99. The van der Waals surface area contributed by atoms with Crippen molar-refractivity contribution in [2.75, 3.05) is 12.8 Å². The third-order valence-electron chi connectivity index (χ3n) is 3.49. The van der Waals surface area contributed by atoms with Gasteiger partial charge in [0.1, 0.15) is 5.60 Å². The van der Waals surface area contributed by atoms with E-state index in [9.17, 15) is 4.79 Å². The lowest BCUT2D eigenvalue weighted by Gasteiger charge is -2.31. The van der Waals surface area contributed by atoms with Crippen LogP contribution in [0.25, 0.3) is 0 Å². The molecule has 1 saturated carbocycles. The summed E-state index contributed by atoms with van der Waals surface area (Å²) < 4.78 is 5.32. The fourth-order valence-electron chi connectivity index (χ4n) is 2.40. The number of ether oxygens (including phenoxy) is 1. The molecule has 5 heteroatoms. The molecule has 20 heavy (non-hydrogen) atoms. The van der Waals surface area contributed by atoms with E-state index in [0.717, 1.165) is 25.8 Å². The molecule has 0 aromatic heterocycles. The fraction of sp³-hybridized carbons (Fsp3) is 0.933. The molecule has 3 unspecified atom stereocenters. The largest absolute Gasteiger partial charge is 0.444 e. The van der Waals surface area contributed by atoms with Gasteiger partial charge in [0.25, 0.3) is 0 Å². The summed E-state index contributed by atoms with van der Waals surface area (Å²) in [5, 5.41) is 7.24. The van der Waals surface area contributed by atoms with Gasteiger partial charge in [-0.25, -0.2) is 4.79 Å². The molecule has 0 aliphatic heterocycles. The summed E-state index contributed by atoms with van der Waals surface area (Å²) >= 11 is 1.88. The van der Waals surface area contributed by atoms with Gasteiger partial charge in [-0.05, 0) is 52.7 Å². The van der Waals surface area contributed by atoms with E-state index in [4.69, 9.17) is 4.74 Å². The van der Waals surface area contributed by atoms with Crippen molar-refractivity contribution in [3.63, 3.8) is 0 Å². The minimum Gasteiger partial charge on any atom is -0.444 e. The lowest BCUT2D eigenvalue weighted by Crippen LogP contribution is -2.46. The van der Waals surface area contributed by atoms with Crippen molar-refractivity contribution in [2.45, 2.75) is 76.3 Å². The number of amides is 1. The van der Waals surface area contributed by atoms with Crippen LogP contribution >= 0.6 is 11.8 Å². The average molecular weight is 302 g/mol. The number of carbonyl (C=O) groups excluding carboxylic acids is 1. The smallest absolute Gasteiger partial charge is 0.407 e. The summed E-state index contributed by atoms with van der Waals surface area (Å²) in [5.74, 6) is 0. The van der Waals surface area contributed by atoms with Gasteiger partial charge in [-0.15, -0.1) is 0 Å². The maximum atomic E-state index is 11.8. The summed E-state index contributed by atoms with van der Waals surface area (Å²) in [6.07, 6.45) is 6.26. The third-order valence-corrected chi connectivity index (χ3v) is 4.46. The molecule has 2 N–H and O–H groups in total. The Labute approximate surface area is 127 Å². The van der Waals surface area contributed by atoms with Crippen molar-refractivity contribution in [1.82, 2.24) is 10.6 Å². The molecule has 0 aromatic carbocycles. The summed E-state index contributed by atoms with van der Waals surface area (Å²) in [4.78, 5) is 11.8. The van der Waals surface area contributed by atoms with E-state index < -0.39 is 5.60 Å². The van der Waals surface area contributed by atoms with Crippen LogP contribution in [-0.4, -0.2) is 41.8 Å². The molecule has 1 amide bonds. The van der Waals surface area contributed by atoms with E-state index >= 15 is 0 Å². The van der Waals surface area contributed by atoms with Crippen molar-refractivity contribution < 1.29 is 9.53 Å². The first-order valence-corrected chi connectivity index (χ1v) is 8.84. The molecule has 0 saturated heterocycles.